The van der Waals surface area contributed by atoms with E-state index in [9.17, 15) is 0 Å². The Morgan fingerprint density at radius 2 is 1.78 bits per heavy atom. The van der Waals surface area contributed by atoms with Gasteiger partial charge in [0.25, 0.3) is 0 Å². The van der Waals surface area contributed by atoms with Crippen molar-refractivity contribution in [3.63, 3.8) is 0 Å². The molecule has 5 rings (SSSR count). The molecule has 0 amide bonds. The molecule has 4 heteroatoms. The van der Waals surface area contributed by atoms with Gasteiger partial charge in [0.1, 0.15) is 0 Å². The van der Waals surface area contributed by atoms with Crippen LogP contribution < -0.4 is 5.84 Å². The number of hydrazone groups is 1. The first-order valence-corrected chi connectivity index (χ1v) is 6.60. The number of nitrogens with two attached hydrogens (primary N) is 1. The Morgan fingerprint density at radius 3 is 2.39 bits per heavy atom. The van der Waals surface area contributed by atoms with Crippen molar-refractivity contribution < 1.29 is 0 Å². The van der Waals surface area contributed by atoms with Crippen LogP contribution in [-0.2, 0) is 5.41 Å². The van der Waals surface area contributed by atoms with E-state index in [1.807, 2.05) is 0 Å². The Bertz CT molecular complexity index is 482. The Labute approximate surface area is 107 Å². The molecule has 4 aliphatic rings. The van der Waals surface area contributed by atoms with E-state index in [0.717, 1.165) is 32.8 Å². The highest BCUT2D eigenvalue weighted by Gasteiger charge is 2.54. The maximum atomic E-state index is 5.73. The van der Waals surface area contributed by atoms with Gasteiger partial charge in [-0.1, -0.05) is 30.3 Å². The van der Waals surface area contributed by atoms with Crippen molar-refractivity contribution in [1.82, 2.24) is 9.80 Å². The molecule has 2 N–H and O–H groups in total. The predicted molar refractivity (Wildman–Crippen MR) is 71.2 cm³/mol. The fraction of sp³-hybridized carbons (Fsp3) is 0.500. The van der Waals surface area contributed by atoms with Crippen molar-refractivity contribution in [2.45, 2.75) is 5.41 Å². The van der Waals surface area contributed by atoms with Crippen molar-refractivity contribution in [3.8, 4) is 0 Å². The molecule has 2 unspecified atom stereocenters. The van der Waals surface area contributed by atoms with Gasteiger partial charge in [0.2, 0.25) is 0 Å². The van der Waals surface area contributed by atoms with Crippen LogP contribution in [0.15, 0.2) is 35.4 Å². The number of rotatable bonds is 1. The maximum Gasteiger partial charge on any atom is 0.0611 e. The molecule has 18 heavy (non-hydrogen) atoms. The molecule has 4 nitrogen and oxygen atoms in total. The lowest BCUT2D eigenvalue weighted by Gasteiger charge is -2.59. The van der Waals surface area contributed by atoms with Crippen LogP contribution in [0.25, 0.3) is 0 Å². The zero-order valence-corrected chi connectivity index (χ0v) is 10.4. The average molecular weight is 242 g/mol. The molecule has 4 heterocycles. The van der Waals surface area contributed by atoms with Gasteiger partial charge in [0, 0.05) is 32.1 Å². The number of hydrogen-bond acceptors (Lipinski definition) is 4. The minimum atomic E-state index is 0.0371. The lowest BCUT2D eigenvalue weighted by atomic mass is 9.65. The molecule has 1 aromatic rings. The van der Waals surface area contributed by atoms with Crippen molar-refractivity contribution >= 4 is 5.71 Å². The minimum Gasteiger partial charge on any atom is -0.323 e. The monoisotopic (exact) mass is 242 g/mol. The topological polar surface area (TPSA) is 44.9 Å². The predicted octanol–water partition coefficient (Wildman–Crippen LogP) is 0.458. The Morgan fingerprint density at radius 1 is 1.11 bits per heavy atom. The Hall–Kier alpha value is -1.39. The van der Waals surface area contributed by atoms with Gasteiger partial charge in [0.15, 0.2) is 0 Å². The lowest BCUT2D eigenvalue weighted by molar-refractivity contribution is -0.0230. The molecule has 4 saturated heterocycles. The van der Waals surface area contributed by atoms with E-state index < -0.39 is 0 Å². The average Bonchev–Trinajstić information content (AvgIpc) is 2.39. The summed E-state index contributed by atoms with van der Waals surface area (Å²) in [6.45, 7) is 5.51. The van der Waals surface area contributed by atoms with E-state index in [0.29, 0.717) is 5.92 Å². The summed E-state index contributed by atoms with van der Waals surface area (Å²) in [5.41, 5.74) is 2.63. The standard InChI is InChI=1S/C14H18N4/c15-16-13-11-6-17-8-14(13,9-18(7-11)10-17)12-4-2-1-3-5-12/h1-5,11H,6-10,15H2/b16-13+. The largest absolute Gasteiger partial charge is 0.323 e. The SMILES string of the molecule is N/N=C1\C2CN3CN(C2)CC1(c1ccccc1)C3. The summed E-state index contributed by atoms with van der Waals surface area (Å²) in [5.74, 6) is 6.25. The molecule has 0 saturated carbocycles. The quantitative estimate of drug-likeness (QED) is 0.575. The van der Waals surface area contributed by atoms with Crippen LogP contribution in [-0.4, -0.2) is 48.4 Å². The van der Waals surface area contributed by atoms with E-state index >= 15 is 0 Å². The zero-order valence-electron chi connectivity index (χ0n) is 10.4. The molecule has 1 aromatic carbocycles. The lowest BCUT2D eigenvalue weighted by Crippen LogP contribution is -2.73. The summed E-state index contributed by atoms with van der Waals surface area (Å²) in [6, 6.07) is 10.8. The van der Waals surface area contributed by atoms with Crippen molar-refractivity contribution in [2.24, 2.45) is 16.9 Å². The summed E-state index contributed by atoms with van der Waals surface area (Å²) in [5, 5.41) is 4.20. The van der Waals surface area contributed by atoms with Crippen molar-refractivity contribution in [3.05, 3.63) is 35.9 Å². The highest BCUT2D eigenvalue weighted by Crippen LogP contribution is 2.42. The number of nitrogens with zero attached hydrogens (tertiary/aromatic N) is 3. The van der Waals surface area contributed by atoms with Gasteiger partial charge in [-0.05, 0) is 5.56 Å². The first kappa shape index (κ1) is 10.5. The van der Waals surface area contributed by atoms with Crippen LogP contribution in [0.4, 0.5) is 0 Å². The Kier molecular flexibility index (Phi) is 2.08. The normalized spacial score (nSPS) is 43.6. The second-order valence-corrected chi connectivity index (χ2v) is 5.82. The molecule has 4 aliphatic heterocycles. The molecule has 0 spiro atoms. The smallest absolute Gasteiger partial charge is 0.0611 e. The van der Waals surface area contributed by atoms with Crippen LogP contribution in [0.3, 0.4) is 0 Å². The van der Waals surface area contributed by atoms with Gasteiger partial charge >= 0.3 is 0 Å². The maximum absolute atomic E-state index is 5.73. The molecule has 0 radical (unpaired) electrons. The van der Waals surface area contributed by atoms with Crippen LogP contribution in [0.5, 0.6) is 0 Å². The third-order valence-corrected chi connectivity index (χ3v) is 4.69. The molecule has 2 atom stereocenters. The summed E-state index contributed by atoms with van der Waals surface area (Å²) in [6.07, 6.45) is 0. The highest BCUT2D eigenvalue weighted by molar-refractivity contribution is 5.99. The van der Waals surface area contributed by atoms with E-state index in [4.69, 9.17) is 5.84 Å². The van der Waals surface area contributed by atoms with E-state index in [-0.39, 0.29) is 5.41 Å². The summed E-state index contributed by atoms with van der Waals surface area (Å²) < 4.78 is 0. The molecule has 94 valence electrons. The van der Waals surface area contributed by atoms with Gasteiger partial charge < -0.3 is 5.84 Å². The number of hydrogen-bond donors (Lipinski definition) is 1. The summed E-state index contributed by atoms with van der Waals surface area (Å²) in [7, 11) is 0. The first-order chi connectivity index (χ1) is 8.82. The fourth-order valence-corrected chi connectivity index (χ4v) is 4.16. The molecule has 4 bridgehead atoms. The highest BCUT2D eigenvalue weighted by atomic mass is 15.4. The van der Waals surface area contributed by atoms with Crippen LogP contribution in [0.1, 0.15) is 5.56 Å². The number of piperidine rings is 2. The second kappa shape index (κ2) is 3.56. The second-order valence-electron chi connectivity index (χ2n) is 5.82. The van der Waals surface area contributed by atoms with E-state index in [1.54, 1.807) is 0 Å². The van der Waals surface area contributed by atoms with E-state index in [2.05, 4.69) is 45.2 Å². The third kappa shape index (κ3) is 1.25. The molecule has 0 aliphatic carbocycles. The van der Waals surface area contributed by atoms with Crippen molar-refractivity contribution in [1.29, 1.82) is 0 Å². The minimum absolute atomic E-state index is 0.0371. The molecule has 0 aromatic heterocycles. The van der Waals surface area contributed by atoms with Gasteiger partial charge in [-0.15, -0.1) is 0 Å². The van der Waals surface area contributed by atoms with Gasteiger partial charge in [0.05, 0.1) is 17.8 Å². The molecule has 4 fully saturated rings. The van der Waals surface area contributed by atoms with Gasteiger partial charge in [-0.25, -0.2) is 0 Å². The Balaban J connectivity index is 1.87. The third-order valence-electron chi connectivity index (χ3n) is 4.69. The van der Waals surface area contributed by atoms with Crippen LogP contribution in [0, 0.1) is 5.92 Å². The van der Waals surface area contributed by atoms with E-state index in [1.165, 1.54) is 11.3 Å². The van der Waals surface area contributed by atoms with Gasteiger partial charge in [-0.2, -0.15) is 5.10 Å². The van der Waals surface area contributed by atoms with Gasteiger partial charge in [-0.3, -0.25) is 9.80 Å². The van der Waals surface area contributed by atoms with Crippen LogP contribution >= 0.6 is 0 Å². The summed E-state index contributed by atoms with van der Waals surface area (Å²) in [4.78, 5) is 5.08. The molecular formula is C14H18N4. The first-order valence-electron chi connectivity index (χ1n) is 6.60. The zero-order chi connectivity index (χ0) is 12.2. The number of benzene rings is 1. The summed E-state index contributed by atoms with van der Waals surface area (Å²) >= 11 is 0. The van der Waals surface area contributed by atoms with Crippen molar-refractivity contribution in [2.75, 3.05) is 32.8 Å². The fourth-order valence-electron chi connectivity index (χ4n) is 4.16. The van der Waals surface area contributed by atoms with Crippen LogP contribution in [0.2, 0.25) is 0 Å². The molecular weight excluding hydrogens is 224 g/mol.